The first kappa shape index (κ1) is 17.9. The molecule has 1 aromatic carbocycles. The van der Waals surface area contributed by atoms with Crippen molar-refractivity contribution < 1.29 is 17.6 Å². The summed E-state index contributed by atoms with van der Waals surface area (Å²) in [6.07, 6.45) is 4.29. The van der Waals surface area contributed by atoms with Gasteiger partial charge in [0.25, 0.3) is 5.91 Å². The third-order valence-electron chi connectivity index (χ3n) is 4.57. The van der Waals surface area contributed by atoms with Crippen molar-refractivity contribution in [3.8, 4) is 10.8 Å². The van der Waals surface area contributed by atoms with Gasteiger partial charge < -0.3 is 9.32 Å². The minimum atomic E-state index is -3.28. The summed E-state index contributed by atoms with van der Waals surface area (Å²) in [5.41, 5.74) is 2.04. The summed E-state index contributed by atoms with van der Waals surface area (Å²) in [5.74, 6) is 0.466. The maximum absolute atomic E-state index is 13.2. The van der Waals surface area contributed by atoms with E-state index in [0.29, 0.717) is 23.0 Å². The second-order valence-corrected chi connectivity index (χ2v) is 9.74. The van der Waals surface area contributed by atoms with Gasteiger partial charge in [-0.1, -0.05) is 0 Å². The minimum Gasteiger partial charge on any atom is -0.462 e. The van der Waals surface area contributed by atoms with Crippen molar-refractivity contribution >= 4 is 32.8 Å². The molecule has 0 N–H and O–H groups in total. The Bertz CT molecular complexity index is 1110. The number of thiazole rings is 1. The molecule has 4 rings (SSSR count). The number of rotatable bonds is 3. The van der Waals surface area contributed by atoms with Gasteiger partial charge in [-0.2, -0.15) is 0 Å². The van der Waals surface area contributed by atoms with Gasteiger partial charge in [-0.3, -0.25) is 4.79 Å². The monoisotopic (exact) mass is 402 g/mol. The molecule has 8 heteroatoms. The number of nitrogens with zero attached hydrogens (tertiary/aromatic N) is 2. The van der Waals surface area contributed by atoms with Crippen LogP contribution in [0, 0.1) is 6.92 Å². The molecule has 0 aliphatic carbocycles. The molecule has 140 valence electrons. The predicted octanol–water partition coefficient (Wildman–Crippen LogP) is 3.71. The predicted molar refractivity (Wildman–Crippen MR) is 104 cm³/mol. The van der Waals surface area contributed by atoms with Crippen LogP contribution < -0.4 is 4.90 Å². The van der Waals surface area contributed by atoms with Crippen LogP contribution >= 0.6 is 11.3 Å². The molecule has 27 heavy (non-hydrogen) atoms. The van der Waals surface area contributed by atoms with Gasteiger partial charge in [0.2, 0.25) is 0 Å². The molecular formula is C19H18N2O4S2. The Morgan fingerprint density at radius 3 is 2.81 bits per heavy atom. The van der Waals surface area contributed by atoms with Crippen molar-refractivity contribution in [2.24, 2.45) is 0 Å². The Morgan fingerprint density at radius 2 is 2.11 bits per heavy atom. The zero-order valence-electron chi connectivity index (χ0n) is 14.9. The molecular weight excluding hydrogens is 384 g/mol. The van der Waals surface area contributed by atoms with Crippen LogP contribution in [0.3, 0.4) is 0 Å². The molecule has 1 aliphatic heterocycles. The lowest BCUT2D eigenvalue weighted by Crippen LogP contribution is -2.36. The van der Waals surface area contributed by atoms with E-state index in [0.717, 1.165) is 29.0 Å². The molecule has 3 aromatic rings. The maximum Gasteiger partial charge on any atom is 0.278 e. The fourth-order valence-electron chi connectivity index (χ4n) is 3.24. The number of amides is 1. The Balaban J connectivity index is 1.70. The van der Waals surface area contributed by atoms with Crippen molar-refractivity contribution in [2.75, 3.05) is 17.7 Å². The molecule has 0 spiro atoms. The van der Waals surface area contributed by atoms with Crippen LogP contribution in [0.4, 0.5) is 5.69 Å². The number of fused-ring (bicyclic) bond motifs is 1. The quantitative estimate of drug-likeness (QED) is 0.667. The minimum absolute atomic E-state index is 0.172. The van der Waals surface area contributed by atoms with Crippen molar-refractivity contribution in [2.45, 2.75) is 24.7 Å². The first-order chi connectivity index (χ1) is 12.8. The summed E-state index contributed by atoms with van der Waals surface area (Å²) in [6, 6.07) is 8.55. The van der Waals surface area contributed by atoms with E-state index < -0.39 is 9.84 Å². The van der Waals surface area contributed by atoms with Crippen molar-refractivity contribution in [1.29, 1.82) is 0 Å². The second-order valence-electron chi connectivity index (χ2n) is 6.52. The molecule has 2 aromatic heterocycles. The standard InChI is InChI=1S/C19H18N2O4S2/c1-12-17(20-18(26-12)16-6-4-10-25-16)19(22)21-9-3-5-13-11-14(27(2,23)24)7-8-15(13)21/h4,6-8,10-11H,3,5,9H2,1-2H3. The summed E-state index contributed by atoms with van der Waals surface area (Å²) < 4.78 is 29.0. The van der Waals surface area contributed by atoms with Gasteiger partial charge >= 0.3 is 0 Å². The van der Waals surface area contributed by atoms with Crippen molar-refractivity contribution in [3.63, 3.8) is 0 Å². The van der Waals surface area contributed by atoms with Gasteiger partial charge in [0.15, 0.2) is 20.6 Å². The highest BCUT2D eigenvalue weighted by Crippen LogP contribution is 2.33. The zero-order valence-corrected chi connectivity index (χ0v) is 16.6. The zero-order chi connectivity index (χ0) is 19.2. The van der Waals surface area contributed by atoms with E-state index in [-0.39, 0.29) is 10.8 Å². The SMILES string of the molecule is Cc1sc(-c2ccco2)nc1C(=O)N1CCCc2cc(S(C)(=O)=O)ccc21. The Morgan fingerprint density at radius 1 is 1.30 bits per heavy atom. The molecule has 0 atom stereocenters. The topological polar surface area (TPSA) is 80.5 Å². The Hall–Kier alpha value is -2.45. The van der Waals surface area contributed by atoms with E-state index in [2.05, 4.69) is 4.98 Å². The average Bonchev–Trinajstić information content (AvgIpc) is 3.29. The molecule has 0 fully saturated rings. The van der Waals surface area contributed by atoms with Crippen molar-refractivity contribution in [3.05, 3.63) is 52.7 Å². The molecule has 1 amide bonds. The number of sulfone groups is 1. The number of aromatic nitrogens is 1. The molecule has 6 nitrogen and oxygen atoms in total. The maximum atomic E-state index is 13.2. The number of carbonyl (C=O) groups excluding carboxylic acids is 1. The summed E-state index contributed by atoms with van der Waals surface area (Å²) in [7, 11) is -3.28. The normalized spacial score (nSPS) is 14.2. The second kappa shape index (κ2) is 6.61. The molecule has 0 unspecified atom stereocenters. The Labute approximate surface area is 161 Å². The summed E-state index contributed by atoms with van der Waals surface area (Å²) in [4.78, 5) is 20.5. The van der Waals surface area contributed by atoms with Crippen LogP contribution in [0.25, 0.3) is 10.8 Å². The van der Waals surface area contributed by atoms with E-state index in [1.54, 1.807) is 35.4 Å². The number of carbonyl (C=O) groups is 1. The summed E-state index contributed by atoms with van der Waals surface area (Å²) >= 11 is 1.42. The fraction of sp³-hybridized carbons (Fsp3) is 0.263. The molecule has 1 aliphatic rings. The largest absolute Gasteiger partial charge is 0.462 e. The van der Waals surface area contributed by atoms with E-state index >= 15 is 0 Å². The van der Waals surface area contributed by atoms with E-state index in [1.807, 2.05) is 13.0 Å². The van der Waals surface area contributed by atoms with Gasteiger partial charge in [-0.25, -0.2) is 13.4 Å². The van der Waals surface area contributed by atoms with Crippen LogP contribution in [0.2, 0.25) is 0 Å². The number of benzene rings is 1. The fourth-order valence-corrected chi connectivity index (χ4v) is 4.79. The van der Waals surface area contributed by atoms with Gasteiger partial charge in [0.05, 0.1) is 11.2 Å². The smallest absolute Gasteiger partial charge is 0.278 e. The highest BCUT2D eigenvalue weighted by molar-refractivity contribution is 7.90. The first-order valence-electron chi connectivity index (χ1n) is 8.51. The third-order valence-corrected chi connectivity index (χ3v) is 6.67. The lowest BCUT2D eigenvalue weighted by atomic mass is 10.0. The molecule has 0 bridgehead atoms. The van der Waals surface area contributed by atoms with Gasteiger partial charge in [0, 0.05) is 23.4 Å². The van der Waals surface area contributed by atoms with Crippen molar-refractivity contribution in [1.82, 2.24) is 4.98 Å². The first-order valence-corrected chi connectivity index (χ1v) is 11.2. The lowest BCUT2D eigenvalue weighted by Gasteiger charge is -2.29. The van der Waals surface area contributed by atoms with Crippen LogP contribution in [-0.4, -0.2) is 32.1 Å². The lowest BCUT2D eigenvalue weighted by molar-refractivity contribution is 0.0980. The highest BCUT2D eigenvalue weighted by Gasteiger charge is 2.28. The summed E-state index contributed by atoms with van der Waals surface area (Å²) in [6.45, 7) is 2.45. The van der Waals surface area contributed by atoms with E-state index in [1.165, 1.54) is 17.6 Å². The van der Waals surface area contributed by atoms with Gasteiger partial charge in [-0.05, 0) is 55.7 Å². The number of aryl methyl sites for hydroxylation is 2. The van der Waals surface area contributed by atoms with Crippen LogP contribution in [0.15, 0.2) is 45.9 Å². The van der Waals surface area contributed by atoms with Crippen LogP contribution in [0.1, 0.15) is 27.3 Å². The number of hydrogen-bond acceptors (Lipinski definition) is 6. The molecule has 3 heterocycles. The van der Waals surface area contributed by atoms with Gasteiger partial charge in [0.1, 0.15) is 5.69 Å². The Kier molecular flexibility index (Phi) is 4.39. The van der Waals surface area contributed by atoms with E-state index in [4.69, 9.17) is 4.42 Å². The summed E-state index contributed by atoms with van der Waals surface area (Å²) in [5, 5.41) is 0.672. The number of anilines is 1. The molecule has 0 saturated heterocycles. The average molecular weight is 402 g/mol. The van der Waals surface area contributed by atoms with Crippen LogP contribution in [-0.2, 0) is 16.3 Å². The number of furan rings is 1. The molecule has 0 saturated carbocycles. The highest BCUT2D eigenvalue weighted by atomic mass is 32.2. The van der Waals surface area contributed by atoms with Crippen LogP contribution in [0.5, 0.6) is 0 Å². The van der Waals surface area contributed by atoms with Gasteiger partial charge in [-0.15, -0.1) is 11.3 Å². The third kappa shape index (κ3) is 3.30. The van der Waals surface area contributed by atoms with E-state index in [9.17, 15) is 13.2 Å². The number of hydrogen-bond donors (Lipinski definition) is 0. The molecule has 0 radical (unpaired) electrons.